The first-order valence-electron chi connectivity index (χ1n) is 7.92. The minimum atomic E-state index is -1.05. The van der Waals surface area contributed by atoms with Gasteiger partial charge in [-0.2, -0.15) is 0 Å². The Morgan fingerprint density at radius 3 is 2.04 bits per heavy atom. The van der Waals surface area contributed by atoms with E-state index in [0.29, 0.717) is 10.6 Å². The molecule has 0 radical (unpaired) electrons. The largest absolute Gasteiger partial charge is 0.478 e. The molecular formula is C20H17NO3S. The van der Waals surface area contributed by atoms with Gasteiger partial charge in [0.2, 0.25) is 5.91 Å². The lowest BCUT2D eigenvalue weighted by atomic mass is 9.98. The number of benzene rings is 2. The molecule has 3 aromatic rings. The third kappa shape index (κ3) is 3.46. The fourth-order valence-electron chi connectivity index (χ4n) is 2.61. The van der Waals surface area contributed by atoms with Gasteiger partial charge >= 0.3 is 5.97 Å². The van der Waals surface area contributed by atoms with Crippen molar-refractivity contribution < 1.29 is 14.7 Å². The number of rotatable bonds is 5. The predicted molar refractivity (Wildman–Crippen MR) is 101 cm³/mol. The molecule has 1 amide bonds. The number of carbonyl (C=O) groups excluding carboxylic acids is 1. The van der Waals surface area contributed by atoms with Gasteiger partial charge in [-0.1, -0.05) is 67.6 Å². The highest BCUT2D eigenvalue weighted by Crippen LogP contribution is 2.46. The van der Waals surface area contributed by atoms with Gasteiger partial charge in [0.05, 0.1) is 0 Å². The number of carboxylic acids is 1. The van der Waals surface area contributed by atoms with Gasteiger partial charge in [0.25, 0.3) is 0 Å². The second-order valence-electron chi connectivity index (χ2n) is 5.45. The topological polar surface area (TPSA) is 66.4 Å². The third-order valence-electron chi connectivity index (χ3n) is 3.79. The summed E-state index contributed by atoms with van der Waals surface area (Å²) in [6.45, 7) is 1.74. The highest BCUT2D eigenvalue weighted by Gasteiger charge is 2.26. The van der Waals surface area contributed by atoms with Crippen LogP contribution in [-0.2, 0) is 4.79 Å². The molecule has 0 atom stereocenters. The normalized spacial score (nSPS) is 10.4. The number of carbonyl (C=O) groups is 2. The number of aromatic carboxylic acids is 1. The van der Waals surface area contributed by atoms with E-state index in [1.54, 1.807) is 6.92 Å². The van der Waals surface area contributed by atoms with E-state index in [9.17, 15) is 14.7 Å². The van der Waals surface area contributed by atoms with Gasteiger partial charge < -0.3 is 10.4 Å². The van der Waals surface area contributed by atoms with E-state index in [1.165, 1.54) is 11.3 Å². The fraction of sp³-hybridized carbons (Fsp3) is 0.100. The Bertz CT molecular complexity index is 901. The maximum atomic E-state index is 12.0. The standard InChI is InChI=1S/C20H17NO3S/c1-2-15(22)21-19-17(20(23)24)16(13-9-5-3-6-10-13)18(25-19)14-11-7-4-8-12-14/h3-12H,2H2,1H3,(H,21,22)(H,23,24). The molecule has 0 bridgehead atoms. The van der Waals surface area contributed by atoms with Crippen LogP contribution in [-0.4, -0.2) is 17.0 Å². The van der Waals surface area contributed by atoms with E-state index in [0.717, 1.165) is 16.0 Å². The Morgan fingerprint density at radius 2 is 1.52 bits per heavy atom. The van der Waals surface area contributed by atoms with Crippen molar-refractivity contribution in [1.82, 2.24) is 0 Å². The number of anilines is 1. The highest BCUT2D eigenvalue weighted by atomic mass is 32.1. The summed E-state index contributed by atoms with van der Waals surface area (Å²) in [5.74, 6) is -1.26. The lowest BCUT2D eigenvalue weighted by Crippen LogP contribution is -2.11. The molecule has 5 heteroatoms. The second-order valence-corrected chi connectivity index (χ2v) is 6.47. The summed E-state index contributed by atoms with van der Waals surface area (Å²) < 4.78 is 0. The van der Waals surface area contributed by atoms with E-state index in [-0.39, 0.29) is 17.9 Å². The molecular weight excluding hydrogens is 334 g/mol. The van der Waals surface area contributed by atoms with Crippen LogP contribution in [0.3, 0.4) is 0 Å². The molecule has 126 valence electrons. The van der Waals surface area contributed by atoms with Crippen molar-refractivity contribution in [2.45, 2.75) is 13.3 Å². The first-order chi connectivity index (χ1) is 12.1. The van der Waals surface area contributed by atoms with Crippen LogP contribution < -0.4 is 5.32 Å². The van der Waals surface area contributed by atoms with Gasteiger partial charge in [0.1, 0.15) is 10.6 Å². The molecule has 3 rings (SSSR count). The Balaban J connectivity index is 2.28. The molecule has 0 aliphatic heterocycles. The van der Waals surface area contributed by atoms with Crippen molar-refractivity contribution in [1.29, 1.82) is 0 Å². The lowest BCUT2D eigenvalue weighted by Gasteiger charge is -2.07. The molecule has 2 aromatic carbocycles. The van der Waals surface area contributed by atoms with Crippen molar-refractivity contribution in [3.05, 3.63) is 66.2 Å². The van der Waals surface area contributed by atoms with Crippen molar-refractivity contribution in [2.24, 2.45) is 0 Å². The van der Waals surface area contributed by atoms with Crippen LogP contribution in [0.25, 0.3) is 21.6 Å². The van der Waals surface area contributed by atoms with E-state index in [1.807, 2.05) is 60.7 Å². The molecule has 0 unspecified atom stereocenters. The van der Waals surface area contributed by atoms with Crippen LogP contribution in [0, 0.1) is 0 Å². The first-order valence-corrected chi connectivity index (χ1v) is 8.74. The molecule has 2 N–H and O–H groups in total. The summed E-state index contributed by atoms with van der Waals surface area (Å²) >= 11 is 1.29. The Kier molecular flexibility index (Phi) is 4.95. The molecule has 1 aromatic heterocycles. The minimum Gasteiger partial charge on any atom is -0.478 e. The maximum Gasteiger partial charge on any atom is 0.339 e. The van der Waals surface area contributed by atoms with Gasteiger partial charge in [-0.05, 0) is 11.1 Å². The van der Waals surface area contributed by atoms with Crippen LogP contribution in [0.5, 0.6) is 0 Å². The molecule has 0 spiro atoms. The van der Waals surface area contributed by atoms with Crippen LogP contribution in [0.2, 0.25) is 0 Å². The zero-order chi connectivity index (χ0) is 17.8. The Labute approximate surface area is 149 Å². The monoisotopic (exact) mass is 351 g/mol. The summed E-state index contributed by atoms with van der Waals surface area (Å²) in [7, 11) is 0. The molecule has 0 fully saturated rings. The maximum absolute atomic E-state index is 12.0. The van der Waals surface area contributed by atoms with Crippen molar-refractivity contribution >= 4 is 28.2 Å². The quantitative estimate of drug-likeness (QED) is 0.670. The van der Waals surface area contributed by atoms with Gasteiger partial charge in [0.15, 0.2) is 0 Å². The zero-order valence-electron chi connectivity index (χ0n) is 13.7. The van der Waals surface area contributed by atoms with Gasteiger partial charge in [-0.25, -0.2) is 4.79 Å². The summed E-state index contributed by atoms with van der Waals surface area (Å²) in [6.07, 6.45) is 0.290. The van der Waals surface area contributed by atoms with Crippen molar-refractivity contribution in [3.63, 3.8) is 0 Å². The number of carboxylic acid groups (broad SMARTS) is 1. The molecule has 0 saturated carbocycles. The van der Waals surface area contributed by atoms with Crippen molar-refractivity contribution in [3.8, 4) is 21.6 Å². The lowest BCUT2D eigenvalue weighted by molar-refractivity contribution is -0.115. The average molecular weight is 351 g/mol. The number of hydrogen-bond donors (Lipinski definition) is 2. The van der Waals surface area contributed by atoms with Crippen LogP contribution in [0.1, 0.15) is 23.7 Å². The number of thiophene rings is 1. The van der Waals surface area contributed by atoms with Crippen LogP contribution >= 0.6 is 11.3 Å². The van der Waals surface area contributed by atoms with E-state index in [2.05, 4.69) is 5.32 Å². The molecule has 0 aliphatic carbocycles. The summed E-state index contributed by atoms with van der Waals surface area (Å²) in [6, 6.07) is 19.0. The molecule has 0 aliphatic rings. The zero-order valence-corrected chi connectivity index (χ0v) is 14.5. The predicted octanol–water partition coefficient (Wildman–Crippen LogP) is 5.13. The van der Waals surface area contributed by atoms with Crippen LogP contribution in [0.4, 0.5) is 5.00 Å². The fourth-order valence-corrected chi connectivity index (χ4v) is 3.85. The molecule has 1 heterocycles. The Morgan fingerprint density at radius 1 is 0.960 bits per heavy atom. The SMILES string of the molecule is CCC(=O)Nc1sc(-c2ccccc2)c(-c2ccccc2)c1C(=O)O. The second kappa shape index (κ2) is 7.32. The Hall–Kier alpha value is -2.92. The van der Waals surface area contributed by atoms with Gasteiger partial charge in [0, 0.05) is 16.9 Å². The number of amides is 1. The summed E-state index contributed by atoms with van der Waals surface area (Å²) in [4.78, 5) is 24.7. The molecule has 4 nitrogen and oxygen atoms in total. The number of nitrogens with one attached hydrogen (secondary N) is 1. The van der Waals surface area contributed by atoms with Gasteiger partial charge in [-0.15, -0.1) is 11.3 Å². The average Bonchev–Trinajstić information content (AvgIpc) is 3.02. The first kappa shape index (κ1) is 16.9. The van der Waals surface area contributed by atoms with E-state index in [4.69, 9.17) is 0 Å². The molecule has 25 heavy (non-hydrogen) atoms. The van der Waals surface area contributed by atoms with Crippen LogP contribution in [0.15, 0.2) is 60.7 Å². The van der Waals surface area contributed by atoms with Gasteiger partial charge in [-0.3, -0.25) is 4.79 Å². The smallest absolute Gasteiger partial charge is 0.339 e. The highest BCUT2D eigenvalue weighted by molar-refractivity contribution is 7.20. The third-order valence-corrected chi connectivity index (χ3v) is 4.95. The summed E-state index contributed by atoms with van der Waals surface area (Å²) in [5.41, 5.74) is 2.51. The summed E-state index contributed by atoms with van der Waals surface area (Å²) in [5, 5.41) is 12.9. The minimum absolute atomic E-state index is 0.136. The van der Waals surface area contributed by atoms with E-state index < -0.39 is 5.97 Å². The number of hydrogen-bond acceptors (Lipinski definition) is 3. The van der Waals surface area contributed by atoms with E-state index >= 15 is 0 Å². The van der Waals surface area contributed by atoms with Crippen molar-refractivity contribution in [2.75, 3.05) is 5.32 Å². The molecule has 0 saturated heterocycles.